The van der Waals surface area contributed by atoms with E-state index < -0.39 is 4.92 Å². The van der Waals surface area contributed by atoms with E-state index in [9.17, 15) is 14.9 Å². The topological polar surface area (TPSA) is 60.2 Å². The molecule has 1 aromatic carbocycles. The molecule has 0 N–H and O–H groups in total. The van der Waals surface area contributed by atoms with Gasteiger partial charge >= 0.3 is 0 Å². The normalized spacial score (nSPS) is 9.50. The van der Waals surface area contributed by atoms with E-state index >= 15 is 0 Å². The number of nitro benzene ring substituents is 1. The van der Waals surface area contributed by atoms with Gasteiger partial charge in [0, 0.05) is 17.7 Å². The van der Waals surface area contributed by atoms with Crippen molar-refractivity contribution in [2.75, 3.05) is 0 Å². The van der Waals surface area contributed by atoms with Crippen LogP contribution in [0.1, 0.15) is 22.8 Å². The van der Waals surface area contributed by atoms with Gasteiger partial charge in [-0.05, 0) is 18.6 Å². The zero-order valence-electron chi connectivity index (χ0n) is 7.69. The Balaban J connectivity index is 3.34. The summed E-state index contributed by atoms with van der Waals surface area (Å²) >= 11 is 0. The molecular weight excluding hydrogens is 182 g/mol. The van der Waals surface area contributed by atoms with Crippen LogP contribution in [0.2, 0.25) is 0 Å². The van der Waals surface area contributed by atoms with Gasteiger partial charge in [-0.25, -0.2) is 0 Å². The van der Waals surface area contributed by atoms with E-state index in [4.69, 9.17) is 0 Å². The molecule has 0 saturated carbocycles. The Morgan fingerprint density at radius 2 is 2.14 bits per heavy atom. The summed E-state index contributed by atoms with van der Waals surface area (Å²) in [7, 11) is 0. The van der Waals surface area contributed by atoms with E-state index in [1.54, 1.807) is 6.07 Å². The number of hydrogen-bond donors (Lipinski definition) is 0. The second kappa shape index (κ2) is 3.83. The van der Waals surface area contributed by atoms with Gasteiger partial charge in [0.15, 0.2) is 5.78 Å². The summed E-state index contributed by atoms with van der Waals surface area (Å²) in [5.41, 5.74) is 0.811. The van der Waals surface area contributed by atoms with Crippen LogP contribution >= 0.6 is 0 Å². The Morgan fingerprint density at radius 1 is 1.50 bits per heavy atom. The fourth-order valence-corrected chi connectivity index (χ4v) is 1.06. The molecule has 0 amide bonds. The molecule has 0 aliphatic rings. The van der Waals surface area contributed by atoms with Gasteiger partial charge < -0.3 is 0 Å². The molecule has 0 saturated heterocycles. The highest BCUT2D eigenvalue weighted by Crippen LogP contribution is 2.18. The second-order valence-corrected chi connectivity index (χ2v) is 2.83. The number of carbonyl (C=O) groups excluding carboxylic acids is 1. The first-order chi connectivity index (χ1) is 6.54. The number of nitrogens with zero attached hydrogens (tertiary/aromatic N) is 1. The Bertz CT molecular complexity index is 378. The number of carbonyl (C=O) groups is 1. The van der Waals surface area contributed by atoms with Gasteiger partial charge in [0.2, 0.25) is 0 Å². The van der Waals surface area contributed by atoms with Crippen molar-refractivity contribution in [2.45, 2.75) is 6.92 Å². The summed E-state index contributed by atoms with van der Waals surface area (Å²) < 4.78 is 0. The Kier molecular flexibility index (Phi) is 2.76. The zero-order valence-corrected chi connectivity index (χ0v) is 7.69. The van der Waals surface area contributed by atoms with Crippen molar-refractivity contribution < 1.29 is 9.72 Å². The molecule has 0 heterocycles. The van der Waals surface area contributed by atoms with Gasteiger partial charge in [0.1, 0.15) is 0 Å². The Morgan fingerprint density at radius 3 is 2.57 bits per heavy atom. The molecule has 1 rings (SSSR count). The molecule has 0 bridgehead atoms. The molecule has 1 aromatic rings. The lowest BCUT2D eigenvalue weighted by Crippen LogP contribution is -1.96. The highest BCUT2D eigenvalue weighted by atomic mass is 16.6. The van der Waals surface area contributed by atoms with Gasteiger partial charge in [-0.2, -0.15) is 0 Å². The van der Waals surface area contributed by atoms with Crippen LogP contribution in [0.3, 0.4) is 0 Å². The van der Waals surface area contributed by atoms with Crippen molar-refractivity contribution in [3.05, 3.63) is 46.0 Å². The summed E-state index contributed by atoms with van der Waals surface area (Å²) in [6, 6.07) is 4.21. The van der Waals surface area contributed by atoms with Crippen molar-refractivity contribution in [1.82, 2.24) is 0 Å². The summed E-state index contributed by atoms with van der Waals surface area (Å²) in [6.45, 7) is 4.86. The van der Waals surface area contributed by atoms with Gasteiger partial charge in [-0.1, -0.05) is 12.7 Å². The minimum atomic E-state index is -0.528. The number of hydrogen-bond acceptors (Lipinski definition) is 3. The van der Waals surface area contributed by atoms with Crippen molar-refractivity contribution in [3.63, 3.8) is 0 Å². The average molecular weight is 191 g/mol. The minimum absolute atomic E-state index is 0.0902. The molecule has 0 aliphatic heterocycles. The van der Waals surface area contributed by atoms with Crippen LogP contribution in [0.4, 0.5) is 5.69 Å². The van der Waals surface area contributed by atoms with Crippen LogP contribution in [-0.4, -0.2) is 10.7 Å². The quantitative estimate of drug-likeness (QED) is 0.418. The van der Waals surface area contributed by atoms with E-state index in [-0.39, 0.29) is 11.5 Å². The molecule has 4 heteroatoms. The van der Waals surface area contributed by atoms with E-state index in [2.05, 4.69) is 6.58 Å². The van der Waals surface area contributed by atoms with Crippen LogP contribution in [-0.2, 0) is 0 Å². The fraction of sp³-hybridized carbons (Fsp3) is 0.100. The summed E-state index contributed by atoms with van der Waals surface area (Å²) in [5.74, 6) is -0.197. The maximum absolute atomic E-state index is 11.0. The molecule has 0 aromatic heterocycles. The summed E-state index contributed by atoms with van der Waals surface area (Å²) in [6.07, 6.45) is 1.47. The molecular formula is C10H9NO3. The molecule has 14 heavy (non-hydrogen) atoms. The smallest absolute Gasteiger partial charge is 0.270 e. The number of rotatable bonds is 3. The van der Waals surface area contributed by atoms with Crippen molar-refractivity contribution >= 4 is 17.5 Å². The third-order valence-electron chi connectivity index (χ3n) is 1.79. The number of Topliss-reactive ketones (excluding diaryl/α,β-unsaturated/α-hetero) is 1. The number of non-ortho nitro benzene ring substituents is 1. The highest BCUT2D eigenvalue weighted by Gasteiger charge is 2.10. The number of ketones is 1. The first kappa shape index (κ1) is 10.1. The molecule has 0 unspecified atom stereocenters. The Hall–Kier alpha value is -1.97. The molecule has 72 valence electrons. The molecule has 0 aliphatic carbocycles. The summed E-state index contributed by atoms with van der Waals surface area (Å²) in [4.78, 5) is 21.0. The number of nitro groups is 1. The molecule has 4 nitrogen and oxygen atoms in total. The van der Waals surface area contributed by atoms with Gasteiger partial charge in [0.05, 0.1) is 4.92 Å². The lowest BCUT2D eigenvalue weighted by Gasteiger charge is -1.98. The maximum atomic E-state index is 11.0. The second-order valence-electron chi connectivity index (χ2n) is 2.83. The summed E-state index contributed by atoms with van der Waals surface area (Å²) in [5, 5.41) is 10.5. The molecule has 0 atom stereocenters. The molecule has 0 radical (unpaired) electrons. The predicted octanol–water partition coefficient (Wildman–Crippen LogP) is 2.44. The highest BCUT2D eigenvalue weighted by molar-refractivity contribution is 5.95. The third-order valence-corrected chi connectivity index (χ3v) is 1.79. The van der Waals surface area contributed by atoms with Crippen LogP contribution in [0.15, 0.2) is 24.8 Å². The van der Waals surface area contributed by atoms with E-state index in [1.165, 1.54) is 25.1 Å². The minimum Gasteiger partial charge on any atom is -0.295 e. The largest absolute Gasteiger partial charge is 0.295 e. The van der Waals surface area contributed by atoms with Crippen LogP contribution in [0, 0.1) is 10.1 Å². The monoisotopic (exact) mass is 191 g/mol. The van der Waals surface area contributed by atoms with Crippen LogP contribution in [0.5, 0.6) is 0 Å². The SMILES string of the molecule is C=Cc1cc(C(C)=O)cc([N+](=O)[O-])c1. The van der Waals surface area contributed by atoms with Crippen LogP contribution in [0.25, 0.3) is 6.08 Å². The third kappa shape index (κ3) is 2.04. The molecule has 0 fully saturated rings. The lowest BCUT2D eigenvalue weighted by atomic mass is 10.1. The van der Waals surface area contributed by atoms with Crippen molar-refractivity contribution in [2.24, 2.45) is 0 Å². The van der Waals surface area contributed by atoms with Crippen molar-refractivity contribution in [1.29, 1.82) is 0 Å². The predicted molar refractivity (Wildman–Crippen MR) is 53.2 cm³/mol. The van der Waals surface area contributed by atoms with Gasteiger partial charge in [0.25, 0.3) is 5.69 Å². The maximum Gasteiger partial charge on any atom is 0.270 e. The Labute approximate surface area is 81.0 Å². The first-order valence-electron chi connectivity index (χ1n) is 3.97. The lowest BCUT2D eigenvalue weighted by molar-refractivity contribution is -0.384. The van der Waals surface area contributed by atoms with E-state index in [1.807, 2.05) is 0 Å². The number of benzene rings is 1. The van der Waals surface area contributed by atoms with Crippen molar-refractivity contribution in [3.8, 4) is 0 Å². The van der Waals surface area contributed by atoms with E-state index in [0.29, 0.717) is 11.1 Å². The zero-order chi connectivity index (χ0) is 10.7. The van der Waals surface area contributed by atoms with Gasteiger partial charge in [-0.15, -0.1) is 0 Å². The van der Waals surface area contributed by atoms with Gasteiger partial charge in [-0.3, -0.25) is 14.9 Å². The average Bonchev–Trinajstić information content (AvgIpc) is 2.16. The van der Waals surface area contributed by atoms with E-state index in [0.717, 1.165) is 0 Å². The standard InChI is InChI=1S/C10H9NO3/c1-3-8-4-9(7(2)12)6-10(5-8)11(13)14/h3-6H,1H2,2H3. The fourth-order valence-electron chi connectivity index (χ4n) is 1.06. The molecule has 0 spiro atoms. The van der Waals surface area contributed by atoms with Crippen LogP contribution < -0.4 is 0 Å². The first-order valence-corrected chi connectivity index (χ1v) is 3.97.